The van der Waals surface area contributed by atoms with Gasteiger partial charge in [-0.3, -0.25) is 5.32 Å². The van der Waals surface area contributed by atoms with Gasteiger partial charge in [0.1, 0.15) is 11.5 Å². The molecule has 3 aromatic rings. The first-order chi connectivity index (χ1) is 16.1. The maximum atomic E-state index is 12.8. The van der Waals surface area contributed by atoms with Crippen LogP contribution in [0.4, 0.5) is 0 Å². The molecular weight excluding hydrogens is 422 g/mol. The molecule has 1 saturated heterocycles. The van der Waals surface area contributed by atoms with Gasteiger partial charge >= 0.3 is 5.97 Å². The van der Waals surface area contributed by atoms with Gasteiger partial charge in [0.2, 0.25) is 0 Å². The zero-order chi connectivity index (χ0) is 23.3. The summed E-state index contributed by atoms with van der Waals surface area (Å²) in [5.74, 6) is -0.871. The Kier molecular flexibility index (Phi) is 6.93. The SMILES string of the molecule is COC(=O)C1OC(OCc2ccccc2)(c2ccc(OC)cc2OC)NC1c1ccccc1. The minimum atomic E-state index is -1.48. The molecule has 0 bridgehead atoms. The second kappa shape index (κ2) is 10.0. The van der Waals surface area contributed by atoms with E-state index in [-0.39, 0.29) is 6.61 Å². The van der Waals surface area contributed by atoms with Gasteiger partial charge in [0.15, 0.2) is 6.10 Å². The monoisotopic (exact) mass is 449 g/mol. The van der Waals surface area contributed by atoms with E-state index in [1.807, 2.05) is 60.7 Å². The van der Waals surface area contributed by atoms with Gasteiger partial charge in [-0.2, -0.15) is 0 Å². The lowest BCUT2D eigenvalue weighted by Crippen LogP contribution is -2.42. The summed E-state index contributed by atoms with van der Waals surface area (Å²) in [6.07, 6.45) is -0.944. The Balaban J connectivity index is 1.79. The summed E-state index contributed by atoms with van der Waals surface area (Å²) >= 11 is 0. The molecule has 3 atom stereocenters. The molecule has 0 aromatic heterocycles. The lowest BCUT2D eigenvalue weighted by atomic mass is 10.0. The fourth-order valence-corrected chi connectivity index (χ4v) is 3.90. The standard InChI is InChI=1S/C26H27NO6/c1-29-20-14-15-21(22(16-20)30-2)26(32-17-18-10-6-4-7-11-18)27-23(19-12-8-5-9-13-19)24(33-26)25(28)31-3/h4-16,23-24,27H,17H2,1-3H3. The Bertz CT molecular complexity index is 1070. The number of rotatable bonds is 8. The van der Waals surface area contributed by atoms with Crippen LogP contribution in [0.3, 0.4) is 0 Å². The zero-order valence-electron chi connectivity index (χ0n) is 18.8. The van der Waals surface area contributed by atoms with Crippen LogP contribution in [-0.2, 0) is 31.5 Å². The normalized spacial score (nSPS) is 22.0. The van der Waals surface area contributed by atoms with Gasteiger partial charge in [0.05, 0.1) is 39.5 Å². The Morgan fingerprint density at radius 1 is 0.939 bits per heavy atom. The van der Waals surface area contributed by atoms with Crippen molar-refractivity contribution in [2.45, 2.75) is 24.7 Å². The first-order valence-corrected chi connectivity index (χ1v) is 10.6. The number of hydrogen-bond donors (Lipinski definition) is 1. The van der Waals surface area contributed by atoms with Crippen LogP contribution < -0.4 is 14.8 Å². The van der Waals surface area contributed by atoms with Gasteiger partial charge in [0.25, 0.3) is 5.91 Å². The number of hydrogen-bond acceptors (Lipinski definition) is 7. The van der Waals surface area contributed by atoms with Crippen LogP contribution in [0.5, 0.6) is 11.5 Å². The predicted octanol–water partition coefficient (Wildman–Crippen LogP) is 3.93. The lowest BCUT2D eigenvalue weighted by Gasteiger charge is -2.31. The van der Waals surface area contributed by atoms with Crippen molar-refractivity contribution < 1.29 is 28.5 Å². The molecule has 4 rings (SSSR count). The van der Waals surface area contributed by atoms with Gasteiger partial charge in [-0.15, -0.1) is 0 Å². The first-order valence-electron chi connectivity index (χ1n) is 10.6. The molecule has 7 nitrogen and oxygen atoms in total. The highest BCUT2D eigenvalue weighted by Gasteiger charge is 2.53. The largest absolute Gasteiger partial charge is 0.497 e. The second-order valence-electron chi connectivity index (χ2n) is 7.55. The van der Waals surface area contributed by atoms with Gasteiger partial charge in [-0.1, -0.05) is 60.7 Å². The maximum Gasteiger partial charge on any atom is 0.337 e. The van der Waals surface area contributed by atoms with Crippen molar-refractivity contribution >= 4 is 5.97 Å². The van der Waals surface area contributed by atoms with Crippen LogP contribution >= 0.6 is 0 Å². The second-order valence-corrected chi connectivity index (χ2v) is 7.55. The predicted molar refractivity (Wildman–Crippen MR) is 122 cm³/mol. The number of carbonyl (C=O) groups is 1. The molecule has 0 amide bonds. The van der Waals surface area contributed by atoms with Crippen LogP contribution in [0.2, 0.25) is 0 Å². The minimum absolute atomic E-state index is 0.235. The van der Waals surface area contributed by atoms with E-state index in [1.165, 1.54) is 7.11 Å². The van der Waals surface area contributed by atoms with E-state index in [4.69, 9.17) is 23.7 Å². The van der Waals surface area contributed by atoms with Crippen molar-refractivity contribution in [3.05, 3.63) is 95.6 Å². The number of benzene rings is 3. The van der Waals surface area contributed by atoms with E-state index in [2.05, 4.69) is 5.32 Å². The Hall–Kier alpha value is -3.39. The van der Waals surface area contributed by atoms with E-state index >= 15 is 0 Å². The molecule has 0 radical (unpaired) electrons. The molecular formula is C26H27NO6. The third kappa shape index (κ3) is 4.71. The van der Waals surface area contributed by atoms with Gasteiger partial charge < -0.3 is 23.7 Å². The smallest absolute Gasteiger partial charge is 0.337 e. The number of nitrogens with one attached hydrogen (secondary N) is 1. The van der Waals surface area contributed by atoms with Crippen molar-refractivity contribution in [1.29, 1.82) is 0 Å². The number of carbonyl (C=O) groups excluding carboxylic acids is 1. The van der Waals surface area contributed by atoms with E-state index in [9.17, 15) is 4.79 Å². The van der Waals surface area contributed by atoms with Crippen molar-refractivity contribution in [2.75, 3.05) is 21.3 Å². The summed E-state index contributed by atoms with van der Waals surface area (Å²) in [7, 11) is 4.48. The molecule has 172 valence electrons. The Morgan fingerprint density at radius 3 is 2.27 bits per heavy atom. The van der Waals surface area contributed by atoms with Crippen molar-refractivity contribution in [3.63, 3.8) is 0 Å². The van der Waals surface area contributed by atoms with E-state index in [0.717, 1.165) is 11.1 Å². The van der Waals surface area contributed by atoms with Crippen LogP contribution in [0.1, 0.15) is 22.7 Å². The molecule has 1 N–H and O–H groups in total. The van der Waals surface area contributed by atoms with E-state index in [1.54, 1.807) is 32.4 Å². The highest BCUT2D eigenvalue weighted by molar-refractivity contribution is 5.76. The number of ether oxygens (including phenoxy) is 5. The van der Waals surface area contributed by atoms with Crippen LogP contribution in [-0.4, -0.2) is 33.4 Å². The molecule has 3 unspecified atom stereocenters. The van der Waals surface area contributed by atoms with Crippen LogP contribution in [0.25, 0.3) is 0 Å². The Labute approximate surface area is 193 Å². The average molecular weight is 450 g/mol. The molecule has 0 spiro atoms. The lowest BCUT2D eigenvalue weighted by molar-refractivity contribution is -0.256. The molecule has 7 heteroatoms. The van der Waals surface area contributed by atoms with Crippen LogP contribution in [0, 0.1) is 0 Å². The fraction of sp³-hybridized carbons (Fsp3) is 0.269. The third-order valence-electron chi connectivity index (χ3n) is 5.58. The third-order valence-corrected chi connectivity index (χ3v) is 5.58. The molecule has 1 aliphatic heterocycles. The molecule has 1 aliphatic rings. The van der Waals surface area contributed by atoms with Crippen molar-refractivity contribution in [1.82, 2.24) is 5.32 Å². The van der Waals surface area contributed by atoms with Crippen molar-refractivity contribution in [2.24, 2.45) is 0 Å². The molecule has 0 aliphatic carbocycles. The minimum Gasteiger partial charge on any atom is -0.497 e. The molecule has 3 aromatic carbocycles. The Morgan fingerprint density at radius 2 is 1.64 bits per heavy atom. The van der Waals surface area contributed by atoms with Gasteiger partial charge in [-0.05, 0) is 23.3 Å². The zero-order valence-corrected chi connectivity index (χ0v) is 18.8. The molecule has 1 fully saturated rings. The molecule has 0 saturated carbocycles. The summed E-state index contributed by atoms with van der Waals surface area (Å²) in [5, 5.41) is 3.42. The van der Waals surface area contributed by atoms with E-state index in [0.29, 0.717) is 17.1 Å². The number of methoxy groups -OCH3 is 3. The molecule has 1 heterocycles. The summed E-state index contributed by atoms with van der Waals surface area (Å²) in [6.45, 7) is 0.235. The van der Waals surface area contributed by atoms with Crippen molar-refractivity contribution in [3.8, 4) is 11.5 Å². The molecule has 33 heavy (non-hydrogen) atoms. The van der Waals surface area contributed by atoms with Gasteiger partial charge in [0, 0.05) is 6.07 Å². The van der Waals surface area contributed by atoms with Gasteiger partial charge in [-0.25, -0.2) is 4.79 Å². The maximum absolute atomic E-state index is 12.8. The highest BCUT2D eigenvalue weighted by Crippen LogP contribution is 2.44. The number of esters is 1. The summed E-state index contributed by atoms with van der Waals surface area (Å²) in [4.78, 5) is 12.8. The quantitative estimate of drug-likeness (QED) is 0.522. The fourth-order valence-electron chi connectivity index (χ4n) is 3.90. The van der Waals surface area contributed by atoms with Crippen LogP contribution in [0.15, 0.2) is 78.9 Å². The summed E-state index contributed by atoms with van der Waals surface area (Å²) in [5.41, 5.74) is 2.40. The topological polar surface area (TPSA) is 75.3 Å². The van der Waals surface area contributed by atoms with E-state index < -0.39 is 24.0 Å². The summed E-state index contributed by atoms with van der Waals surface area (Å²) < 4.78 is 28.8. The average Bonchev–Trinajstić information content (AvgIpc) is 3.28. The highest BCUT2D eigenvalue weighted by atomic mass is 16.7. The summed E-state index contributed by atoms with van der Waals surface area (Å²) in [6, 6.07) is 24.1. The first kappa shape index (κ1) is 22.8.